The third-order valence-electron chi connectivity index (χ3n) is 8.13. The summed E-state index contributed by atoms with van der Waals surface area (Å²) in [4.78, 5) is 18.9. The summed E-state index contributed by atoms with van der Waals surface area (Å²) in [5.41, 5.74) is 2.70. The lowest BCUT2D eigenvalue weighted by molar-refractivity contribution is -0.151. The monoisotopic (exact) mass is 430 g/mol. The van der Waals surface area contributed by atoms with Gasteiger partial charge in [0.15, 0.2) is 0 Å². The van der Waals surface area contributed by atoms with Gasteiger partial charge in [0, 0.05) is 12.5 Å². The Hall–Kier alpha value is -2.66. The van der Waals surface area contributed by atoms with E-state index in [4.69, 9.17) is 4.84 Å². The molecular formula is C27H30N2O3. The number of hydrogen-bond acceptors (Lipinski definition) is 4. The lowest BCUT2D eigenvalue weighted by Gasteiger charge is -2.58. The Morgan fingerprint density at radius 1 is 0.969 bits per heavy atom. The molecule has 4 fully saturated rings. The highest BCUT2D eigenvalue weighted by molar-refractivity contribution is 5.98. The first-order chi connectivity index (χ1) is 15.6. The lowest BCUT2D eigenvalue weighted by atomic mass is 9.52. The molecule has 0 radical (unpaired) electrons. The van der Waals surface area contributed by atoms with Crippen LogP contribution in [0.3, 0.4) is 0 Å². The molecule has 1 heterocycles. The van der Waals surface area contributed by atoms with Crippen molar-refractivity contribution in [2.24, 2.45) is 22.9 Å². The van der Waals surface area contributed by atoms with E-state index in [0.717, 1.165) is 48.9 Å². The number of nitrogens with one attached hydrogen (secondary N) is 1. The van der Waals surface area contributed by atoms with E-state index in [1.165, 1.54) is 0 Å². The molecule has 2 aromatic carbocycles. The van der Waals surface area contributed by atoms with Gasteiger partial charge >= 0.3 is 0 Å². The molecule has 4 aliphatic carbocycles. The van der Waals surface area contributed by atoms with Crippen molar-refractivity contribution in [3.63, 3.8) is 0 Å². The van der Waals surface area contributed by atoms with Crippen molar-refractivity contribution in [2.45, 2.75) is 62.2 Å². The lowest BCUT2D eigenvalue weighted by Crippen LogP contribution is -2.62. The van der Waals surface area contributed by atoms with Crippen LogP contribution in [0.4, 0.5) is 0 Å². The van der Waals surface area contributed by atoms with Gasteiger partial charge in [-0.25, -0.2) is 0 Å². The fourth-order valence-corrected chi connectivity index (χ4v) is 7.05. The number of rotatable bonds is 5. The minimum atomic E-state index is -0.583. The van der Waals surface area contributed by atoms with E-state index < -0.39 is 11.7 Å². The SMILES string of the molecule is O=C(NC1[C@H]2CC3C[C@H]1CC(O)(C3)C2)[C@H]1CC(C(c2ccccc2)c2ccccc2)=NO1. The summed E-state index contributed by atoms with van der Waals surface area (Å²) in [6.45, 7) is 0. The fraction of sp³-hybridized carbons (Fsp3) is 0.481. The minimum Gasteiger partial charge on any atom is -0.390 e. The van der Waals surface area contributed by atoms with Gasteiger partial charge in [-0.2, -0.15) is 0 Å². The average molecular weight is 431 g/mol. The predicted octanol–water partition coefficient (Wildman–Crippen LogP) is 4.02. The van der Waals surface area contributed by atoms with E-state index in [-0.39, 0.29) is 17.9 Å². The van der Waals surface area contributed by atoms with Crippen LogP contribution in [-0.2, 0) is 9.63 Å². The normalized spacial score (nSPS) is 34.9. The summed E-state index contributed by atoms with van der Waals surface area (Å²) in [6, 6.07) is 20.7. The third-order valence-corrected chi connectivity index (χ3v) is 8.13. The second-order valence-corrected chi connectivity index (χ2v) is 10.4. The summed E-state index contributed by atoms with van der Waals surface area (Å²) < 4.78 is 0. The third kappa shape index (κ3) is 3.53. The van der Waals surface area contributed by atoms with Crippen molar-refractivity contribution < 1.29 is 14.7 Å². The minimum absolute atomic E-state index is 0.0226. The predicted molar refractivity (Wildman–Crippen MR) is 122 cm³/mol. The molecule has 32 heavy (non-hydrogen) atoms. The Morgan fingerprint density at radius 3 is 2.12 bits per heavy atom. The molecule has 7 rings (SSSR count). The summed E-state index contributed by atoms with van der Waals surface area (Å²) in [5, 5.41) is 18.5. The molecule has 5 aliphatic rings. The summed E-state index contributed by atoms with van der Waals surface area (Å²) in [6.07, 6.45) is 4.76. The van der Waals surface area contributed by atoms with Crippen molar-refractivity contribution in [3.05, 3.63) is 71.8 Å². The molecule has 2 aromatic rings. The molecule has 2 N–H and O–H groups in total. The molecule has 3 atom stereocenters. The maximum Gasteiger partial charge on any atom is 0.264 e. The van der Waals surface area contributed by atoms with E-state index >= 15 is 0 Å². The standard InChI is InChI=1S/C27H30N2O3/c30-26(28-25-20-11-17-12-21(25)16-27(31,14-17)15-20)23-13-22(29-32-23)24(18-7-3-1-4-8-18)19-9-5-2-6-10-19/h1-10,17,20-21,23-25,31H,11-16H2,(H,28,30)/t17?,20-,21-,23+,25?,27?/m0/s1. The largest absolute Gasteiger partial charge is 0.390 e. The molecule has 0 aromatic heterocycles. The van der Waals surface area contributed by atoms with Gasteiger partial charge in [-0.15, -0.1) is 0 Å². The summed E-state index contributed by atoms with van der Waals surface area (Å²) >= 11 is 0. The van der Waals surface area contributed by atoms with Crippen LogP contribution in [0.15, 0.2) is 65.8 Å². The zero-order valence-electron chi connectivity index (χ0n) is 18.2. The quantitative estimate of drug-likeness (QED) is 0.753. The number of carbonyl (C=O) groups excluding carboxylic acids is 1. The van der Waals surface area contributed by atoms with Gasteiger partial charge in [0.25, 0.3) is 5.91 Å². The van der Waals surface area contributed by atoms with Gasteiger partial charge in [0.1, 0.15) is 0 Å². The summed E-state index contributed by atoms with van der Waals surface area (Å²) in [7, 11) is 0. The smallest absolute Gasteiger partial charge is 0.264 e. The van der Waals surface area contributed by atoms with Gasteiger partial charge in [-0.3, -0.25) is 4.79 Å². The number of hydrogen-bond donors (Lipinski definition) is 2. The van der Waals surface area contributed by atoms with E-state index in [2.05, 4.69) is 34.7 Å². The van der Waals surface area contributed by atoms with Crippen molar-refractivity contribution in [1.82, 2.24) is 5.32 Å². The van der Waals surface area contributed by atoms with Crippen LogP contribution < -0.4 is 5.32 Å². The van der Waals surface area contributed by atoms with E-state index in [9.17, 15) is 9.90 Å². The van der Waals surface area contributed by atoms with E-state index in [1.807, 2.05) is 36.4 Å². The number of amides is 1. The molecule has 1 amide bonds. The number of oxime groups is 1. The first-order valence-corrected chi connectivity index (χ1v) is 11.9. The van der Waals surface area contributed by atoms with Gasteiger partial charge in [-0.1, -0.05) is 65.8 Å². The Morgan fingerprint density at radius 2 is 1.56 bits per heavy atom. The zero-order chi connectivity index (χ0) is 21.7. The first kappa shape index (κ1) is 20.0. The Kier molecular flexibility index (Phi) is 4.83. The maximum atomic E-state index is 13.2. The van der Waals surface area contributed by atoms with Gasteiger partial charge < -0.3 is 15.3 Å². The van der Waals surface area contributed by atoms with Crippen molar-refractivity contribution in [3.8, 4) is 0 Å². The Labute approximate surface area is 188 Å². The van der Waals surface area contributed by atoms with Crippen LogP contribution in [0.2, 0.25) is 0 Å². The average Bonchev–Trinajstić information content (AvgIpc) is 3.27. The topological polar surface area (TPSA) is 70.9 Å². The molecule has 166 valence electrons. The van der Waals surface area contributed by atoms with Gasteiger partial charge in [0.05, 0.1) is 17.2 Å². The maximum absolute atomic E-state index is 13.2. The second-order valence-electron chi connectivity index (χ2n) is 10.4. The molecule has 0 unspecified atom stereocenters. The van der Waals surface area contributed by atoms with Crippen LogP contribution in [0, 0.1) is 17.8 Å². The molecule has 5 nitrogen and oxygen atoms in total. The molecule has 4 bridgehead atoms. The van der Waals surface area contributed by atoms with Crippen molar-refractivity contribution in [2.75, 3.05) is 0 Å². The second kappa shape index (κ2) is 7.73. The van der Waals surface area contributed by atoms with E-state index in [0.29, 0.717) is 24.2 Å². The van der Waals surface area contributed by atoms with Gasteiger partial charge in [-0.05, 0) is 61.0 Å². The Bertz CT molecular complexity index is 966. The molecule has 1 aliphatic heterocycles. The number of aliphatic hydroxyl groups is 1. The van der Waals surface area contributed by atoms with Crippen LogP contribution >= 0.6 is 0 Å². The van der Waals surface area contributed by atoms with E-state index in [1.54, 1.807) is 0 Å². The fourth-order valence-electron chi connectivity index (χ4n) is 7.05. The Balaban J connectivity index is 1.17. The highest BCUT2D eigenvalue weighted by atomic mass is 16.6. The number of nitrogens with zero attached hydrogens (tertiary/aromatic N) is 1. The number of carbonyl (C=O) groups is 1. The van der Waals surface area contributed by atoms with Crippen LogP contribution in [0.25, 0.3) is 0 Å². The molecule has 0 spiro atoms. The molecular weight excluding hydrogens is 400 g/mol. The molecule has 5 heteroatoms. The zero-order valence-corrected chi connectivity index (χ0v) is 18.2. The number of benzene rings is 2. The van der Waals surface area contributed by atoms with Gasteiger partial charge in [0.2, 0.25) is 6.10 Å². The van der Waals surface area contributed by atoms with Crippen molar-refractivity contribution in [1.29, 1.82) is 0 Å². The highest BCUT2D eigenvalue weighted by Crippen LogP contribution is 2.55. The van der Waals surface area contributed by atoms with Crippen LogP contribution in [0.5, 0.6) is 0 Å². The van der Waals surface area contributed by atoms with Crippen LogP contribution in [-0.4, -0.2) is 34.5 Å². The van der Waals surface area contributed by atoms with Crippen LogP contribution in [0.1, 0.15) is 55.6 Å². The highest BCUT2D eigenvalue weighted by Gasteiger charge is 2.55. The first-order valence-electron chi connectivity index (χ1n) is 11.9. The summed E-state index contributed by atoms with van der Waals surface area (Å²) in [5.74, 6) is 1.32. The van der Waals surface area contributed by atoms with Crippen molar-refractivity contribution >= 4 is 11.6 Å². The molecule has 4 saturated carbocycles. The molecule has 0 saturated heterocycles.